The van der Waals surface area contributed by atoms with Crippen molar-refractivity contribution in [3.63, 3.8) is 0 Å². The van der Waals surface area contributed by atoms with Gasteiger partial charge in [-0.15, -0.1) is 0 Å². The molecule has 0 bridgehead atoms. The SMILES string of the molecule is COc1cc(OC)c(COC(C)=S)c(OC)c1. The standard InChI is InChI=1S/C12H16O4S/c1-8(17)16-7-10-11(14-3)5-9(13-2)6-12(10)15-4/h5-6H,7H2,1-4H3. The monoisotopic (exact) mass is 256 g/mol. The van der Waals surface area contributed by atoms with Crippen LogP contribution in [0.5, 0.6) is 17.2 Å². The highest BCUT2D eigenvalue weighted by atomic mass is 32.1. The maximum Gasteiger partial charge on any atom is 0.157 e. The molecule has 0 atom stereocenters. The lowest BCUT2D eigenvalue weighted by atomic mass is 10.1. The Labute approximate surface area is 106 Å². The number of methoxy groups -OCH3 is 3. The first-order chi connectivity index (χ1) is 8.12. The molecule has 0 aliphatic heterocycles. The number of ether oxygens (including phenoxy) is 4. The second kappa shape index (κ2) is 6.30. The molecule has 1 rings (SSSR count). The fourth-order valence-electron chi connectivity index (χ4n) is 1.39. The van der Waals surface area contributed by atoms with E-state index in [1.165, 1.54) is 0 Å². The minimum absolute atomic E-state index is 0.311. The number of hydrogen-bond acceptors (Lipinski definition) is 5. The van der Waals surface area contributed by atoms with Gasteiger partial charge in [0.05, 0.1) is 26.9 Å². The first-order valence-electron chi connectivity index (χ1n) is 5.04. The third-order valence-electron chi connectivity index (χ3n) is 2.24. The van der Waals surface area contributed by atoms with Gasteiger partial charge in [0.2, 0.25) is 0 Å². The third-order valence-corrected chi connectivity index (χ3v) is 2.35. The van der Waals surface area contributed by atoms with Crippen molar-refractivity contribution in [1.82, 2.24) is 0 Å². The number of thiocarbonyl (C=S) groups is 1. The summed E-state index contributed by atoms with van der Waals surface area (Å²) < 4.78 is 21.0. The second-order valence-corrected chi connectivity index (χ2v) is 3.87. The van der Waals surface area contributed by atoms with Gasteiger partial charge in [0, 0.05) is 19.1 Å². The average molecular weight is 256 g/mol. The topological polar surface area (TPSA) is 36.9 Å². The predicted molar refractivity (Wildman–Crippen MR) is 69.2 cm³/mol. The second-order valence-electron chi connectivity index (χ2n) is 3.29. The Bertz CT molecular complexity index is 378. The van der Waals surface area contributed by atoms with Crippen LogP contribution in [0, 0.1) is 0 Å². The van der Waals surface area contributed by atoms with Crippen LogP contribution >= 0.6 is 12.2 Å². The molecule has 0 saturated heterocycles. The Hall–Kier alpha value is -1.49. The molecule has 0 amide bonds. The zero-order valence-electron chi connectivity index (χ0n) is 10.4. The summed E-state index contributed by atoms with van der Waals surface area (Å²) in [5.41, 5.74) is 0.806. The van der Waals surface area contributed by atoms with Crippen LogP contribution in [0.1, 0.15) is 12.5 Å². The molecule has 94 valence electrons. The van der Waals surface area contributed by atoms with Crippen LogP contribution in [0.15, 0.2) is 12.1 Å². The Morgan fingerprint density at radius 1 is 1.06 bits per heavy atom. The molecule has 0 fully saturated rings. The Morgan fingerprint density at radius 2 is 1.59 bits per heavy atom. The molecular weight excluding hydrogens is 240 g/mol. The molecule has 0 radical (unpaired) electrons. The van der Waals surface area contributed by atoms with Gasteiger partial charge < -0.3 is 18.9 Å². The van der Waals surface area contributed by atoms with Crippen molar-refractivity contribution < 1.29 is 18.9 Å². The Balaban J connectivity index is 3.10. The van der Waals surface area contributed by atoms with Crippen molar-refractivity contribution in [2.75, 3.05) is 21.3 Å². The summed E-state index contributed by atoms with van der Waals surface area (Å²) in [7, 11) is 4.76. The van der Waals surface area contributed by atoms with Crippen molar-refractivity contribution in [3.05, 3.63) is 17.7 Å². The van der Waals surface area contributed by atoms with Crippen LogP contribution in [-0.2, 0) is 11.3 Å². The van der Waals surface area contributed by atoms with Crippen molar-refractivity contribution in [3.8, 4) is 17.2 Å². The van der Waals surface area contributed by atoms with Crippen molar-refractivity contribution in [1.29, 1.82) is 0 Å². The van der Waals surface area contributed by atoms with E-state index in [2.05, 4.69) is 0 Å². The van der Waals surface area contributed by atoms with Gasteiger partial charge in [-0.25, -0.2) is 0 Å². The van der Waals surface area contributed by atoms with E-state index in [-0.39, 0.29) is 0 Å². The van der Waals surface area contributed by atoms with Gasteiger partial charge in [0.25, 0.3) is 0 Å². The van der Waals surface area contributed by atoms with E-state index in [0.29, 0.717) is 28.9 Å². The summed E-state index contributed by atoms with van der Waals surface area (Å²) in [5, 5.41) is 0.477. The summed E-state index contributed by atoms with van der Waals surface area (Å²) in [6.07, 6.45) is 0. The van der Waals surface area contributed by atoms with E-state index < -0.39 is 0 Å². The maximum absolute atomic E-state index is 5.32. The molecule has 5 heteroatoms. The average Bonchev–Trinajstić information content (AvgIpc) is 2.34. The fraction of sp³-hybridized carbons (Fsp3) is 0.417. The minimum atomic E-state index is 0.311. The summed E-state index contributed by atoms with van der Waals surface area (Å²) in [4.78, 5) is 0. The first kappa shape index (κ1) is 13.6. The molecule has 0 unspecified atom stereocenters. The van der Waals surface area contributed by atoms with Gasteiger partial charge in [-0.2, -0.15) is 0 Å². The summed E-state index contributed by atoms with van der Waals surface area (Å²) in [5.74, 6) is 1.97. The molecule has 4 nitrogen and oxygen atoms in total. The lowest BCUT2D eigenvalue weighted by molar-refractivity contribution is 0.278. The van der Waals surface area contributed by atoms with E-state index >= 15 is 0 Å². The van der Waals surface area contributed by atoms with Crippen LogP contribution in [0.25, 0.3) is 0 Å². The quantitative estimate of drug-likeness (QED) is 0.757. The van der Waals surface area contributed by atoms with Gasteiger partial charge in [0.15, 0.2) is 5.05 Å². The predicted octanol–water partition coefficient (Wildman–Crippen LogP) is 2.58. The maximum atomic E-state index is 5.32. The molecule has 0 aromatic heterocycles. The molecule has 0 aliphatic rings. The molecule has 1 aromatic carbocycles. The van der Waals surface area contributed by atoms with Gasteiger partial charge in [-0.05, 0) is 12.2 Å². The first-order valence-corrected chi connectivity index (χ1v) is 5.45. The molecule has 0 spiro atoms. The van der Waals surface area contributed by atoms with Crippen LogP contribution in [0.2, 0.25) is 0 Å². The Morgan fingerprint density at radius 3 is 1.94 bits per heavy atom. The highest BCUT2D eigenvalue weighted by molar-refractivity contribution is 7.80. The van der Waals surface area contributed by atoms with Crippen LogP contribution in [0.4, 0.5) is 0 Å². The van der Waals surface area contributed by atoms with Crippen LogP contribution < -0.4 is 14.2 Å². The highest BCUT2D eigenvalue weighted by Crippen LogP contribution is 2.34. The van der Waals surface area contributed by atoms with Gasteiger partial charge in [-0.3, -0.25) is 0 Å². The molecular formula is C12H16O4S. The van der Waals surface area contributed by atoms with Crippen LogP contribution in [0.3, 0.4) is 0 Å². The lowest BCUT2D eigenvalue weighted by Gasteiger charge is -2.15. The van der Waals surface area contributed by atoms with E-state index in [1.54, 1.807) is 40.4 Å². The normalized spacial score (nSPS) is 9.65. The zero-order chi connectivity index (χ0) is 12.8. The van der Waals surface area contributed by atoms with Gasteiger partial charge in [0.1, 0.15) is 23.9 Å². The molecule has 0 heterocycles. The van der Waals surface area contributed by atoms with E-state index in [4.69, 9.17) is 31.2 Å². The fourth-order valence-corrected chi connectivity index (χ4v) is 1.45. The third kappa shape index (κ3) is 3.49. The van der Waals surface area contributed by atoms with E-state index in [0.717, 1.165) is 5.56 Å². The number of hydrogen-bond donors (Lipinski definition) is 0. The molecule has 0 N–H and O–H groups in total. The smallest absolute Gasteiger partial charge is 0.157 e. The van der Waals surface area contributed by atoms with Crippen LogP contribution in [-0.4, -0.2) is 26.4 Å². The van der Waals surface area contributed by atoms with E-state index in [9.17, 15) is 0 Å². The van der Waals surface area contributed by atoms with Crippen molar-refractivity contribution in [2.24, 2.45) is 0 Å². The summed E-state index contributed by atoms with van der Waals surface area (Å²) >= 11 is 4.87. The van der Waals surface area contributed by atoms with Gasteiger partial charge >= 0.3 is 0 Å². The zero-order valence-corrected chi connectivity index (χ0v) is 11.2. The highest BCUT2D eigenvalue weighted by Gasteiger charge is 2.13. The molecule has 0 saturated carbocycles. The molecule has 1 aromatic rings. The Kier molecular flexibility index (Phi) is 5.03. The van der Waals surface area contributed by atoms with Crippen molar-refractivity contribution in [2.45, 2.75) is 13.5 Å². The molecule has 17 heavy (non-hydrogen) atoms. The van der Waals surface area contributed by atoms with E-state index in [1.807, 2.05) is 0 Å². The summed E-state index contributed by atoms with van der Waals surface area (Å²) in [6.45, 7) is 2.03. The largest absolute Gasteiger partial charge is 0.496 e. The number of benzene rings is 1. The minimum Gasteiger partial charge on any atom is -0.496 e. The van der Waals surface area contributed by atoms with Gasteiger partial charge in [-0.1, -0.05) is 0 Å². The van der Waals surface area contributed by atoms with Crippen molar-refractivity contribution >= 4 is 17.3 Å². The molecule has 0 aliphatic carbocycles. The summed E-state index contributed by atoms with van der Waals surface area (Å²) in [6, 6.07) is 3.56. The lowest BCUT2D eigenvalue weighted by Crippen LogP contribution is -2.02. The number of rotatable bonds is 5.